The number of nitrogens with one attached hydrogen (secondary N) is 1. The number of rotatable bonds is 5. The van der Waals surface area contributed by atoms with Crippen molar-refractivity contribution < 1.29 is 9.90 Å². The largest absolute Gasteiger partial charge is 0.388 e. The maximum absolute atomic E-state index is 13.1. The van der Waals surface area contributed by atoms with Gasteiger partial charge in [-0.1, -0.05) is 31.4 Å². The van der Waals surface area contributed by atoms with E-state index in [9.17, 15) is 9.90 Å². The van der Waals surface area contributed by atoms with Crippen molar-refractivity contribution in [2.75, 3.05) is 38.6 Å². The first-order chi connectivity index (χ1) is 14.8. The molecule has 2 heterocycles. The van der Waals surface area contributed by atoms with Crippen molar-refractivity contribution in [3.8, 4) is 0 Å². The Morgan fingerprint density at radius 2 is 2.13 bits per heavy atom. The third-order valence-electron chi connectivity index (χ3n) is 6.90. The van der Waals surface area contributed by atoms with Crippen LogP contribution in [0.2, 0.25) is 5.02 Å². The van der Waals surface area contributed by atoms with Crippen molar-refractivity contribution in [2.45, 2.75) is 50.7 Å². The number of anilines is 1. The number of nitrogens with zero attached hydrogens (tertiary/aromatic N) is 3. The number of aliphatic hydroxyl groups is 1. The number of amides is 1. The third-order valence-corrected chi connectivity index (χ3v) is 7.21. The number of benzene rings is 1. The SMILES string of the molecule is C[C@@H]1CCC[C@](O)(CNC(=O)c2c(Cl)ccc3nc(N4CCC(N(C)C)C4)ccc23)C1. The third kappa shape index (κ3) is 4.81. The normalized spacial score (nSPS) is 26.6. The Bertz CT molecular complexity index is 966. The molecular formula is C24H33ClN4O2. The van der Waals surface area contributed by atoms with Crippen LogP contribution in [-0.2, 0) is 0 Å². The first-order valence-electron chi connectivity index (χ1n) is 11.3. The molecule has 1 unspecified atom stereocenters. The Labute approximate surface area is 189 Å². The zero-order chi connectivity index (χ0) is 22.2. The molecule has 1 amide bonds. The monoisotopic (exact) mass is 444 g/mol. The highest BCUT2D eigenvalue weighted by Crippen LogP contribution is 2.32. The summed E-state index contributed by atoms with van der Waals surface area (Å²) in [5.74, 6) is 1.14. The van der Waals surface area contributed by atoms with E-state index in [4.69, 9.17) is 16.6 Å². The van der Waals surface area contributed by atoms with Gasteiger partial charge in [-0.15, -0.1) is 0 Å². The first-order valence-corrected chi connectivity index (χ1v) is 11.6. The number of carbonyl (C=O) groups excluding carboxylic acids is 1. The molecule has 0 bridgehead atoms. The molecule has 31 heavy (non-hydrogen) atoms. The molecule has 1 saturated heterocycles. The van der Waals surface area contributed by atoms with Gasteiger partial charge < -0.3 is 20.2 Å². The summed E-state index contributed by atoms with van der Waals surface area (Å²) in [7, 11) is 4.22. The summed E-state index contributed by atoms with van der Waals surface area (Å²) < 4.78 is 0. The van der Waals surface area contributed by atoms with Gasteiger partial charge in [-0.3, -0.25) is 4.79 Å². The minimum absolute atomic E-state index is 0.244. The molecule has 1 saturated carbocycles. The molecule has 1 aromatic heterocycles. The van der Waals surface area contributed by atoms with Crippen LogP contribution in [0.5, 0.6) is 0 Å². The van der Waals surface area contributed by atoms with Crippen molar-refractivity contribution in [1.29, 1.82) is 0 Å². The average Bonchev–Trinajstić information content (AvgIpc) is 3.22. The predicted octanol–water partition coefficient (Wildman–Crippen LogP) is 3.70. The van der Waals surface area contributed by atoms with Crippen molar-refractivity contribution in [1.82, 2.24) is 15.2 Å². The van der Waals surface area contributed by atoms with Crippen LogP contribution in [0.3, 0.4) is 0 Å². The summed E-state index contributed by atoms with van der Waals surface area (Å²) in [5, 5.41) is 14.9. The van der Waals surface area contributed by atoms with Crippen LogP contribution < -0.4 is 10.2 Å². The minimum Gasteiger partial charge on any atom is -0.388 e. The van der Waals surface area contributed by atoms with Crippen molar-refractivity contribution in [3.63, 3.8) is 0 Å². The van der Waals surface area contributed by atoms with E-state index in [0.717, 1.165) is 55.5 Å². The lowest BCUT2D eigenvalue weighted by atomic mass is 9.79. The zero-order valence-electron chi connectivity index (χ0n) is 18.7. The van der Waals surface area contributed by atoms with Crippen molar-refractivity contribution >= 4 is 34.2 Å². The molecular weight excluding hydrogens is 412 g/mol. The fourth-order valence-electron chi connectivity index (χ4n) is 5.07. The summed E-state index contributed by atoms with van der Waals surface area (Å²) >= 11 is 6.43. The van der Waals surface area contributed by atoms with Gasteiger partial charge in [0.05, 0.1) is 21.7 Å². The molecule has 168 valence electrons. The van der Waals surface area contributed by atoms with Gasteiger partial charge in [-0.25, -0.2) is 4.98 Å². The Hall–Kier alpha value is -1.89. The van der Waals surface area contributed by atoms with Gasteiger partial charge in [-0.2, -0.15) is 0 Å². The molecule has 2 N–H and O–H groups in total. The van der Waals surface area contributed by atoms with Gasteiger partial charge in [0.2, 0.25) is 0 Å². The van der Waals surface area contributed by atoms with E-state index >= 15 is 0 Å². The second-order valence-corrected chi connectivity index (χ2v) is 10.0. The van der Waals surface area contributed by atoms with E-state index < -0.39 is 5.60 Å². The molecule has 1 aliphatic carbocycles. The lowest BCUT2D eigenvalue weighted by Crippen LogP contribution is -2.45. The van der Waals surface area contributed by atoms with Gasteiger partial charge in [0.25, 0.3) is 5.91 Å². The van der Waals surface area contributed by atoms with Crippen molar-refractivity contribution in [3.05, 3.63) is 34.9 Å². The molecule has 7 heteroatoms. The van der Waals surface area contributed by atoms with Crippen LogP contribution in [0.1, 0.15) is 49.4 Å². The molecule has 2 aliphatic rings. The van der Waals surface area contributed by atoms with E-state index in [-0.39, 0.29) is 12.5 Å². The molecule has 2 fully saturated rings. The standard InChI is InChI=1S/C24H33ClN4O2/c1-16-5-4-11-24(31,13-16)15-26-23(30)22-18-6-9-21(27-20(18)8-7-19(22)25)29-12-10-17(14-29)28(2)3/h6-9,16-17,31H,4-5,10-15H2,1-3H3,(H,26,30)/t16-,17?,24-/m1/s1. The molecule has 4 rings (SSSR count). The number of pyridine rings is 1. The second-order valence-electron chi connectivity index (χ2n) is 9.62. The number of hydrogen-bond acceptors (Lipinski definition) is 5. The topological polar surface area (TPSA) is 68.7 Å². The average molecular weight is 445 g/mol. The minimum atomic E-state index is -0.839. The van der Waals surface area contributed by atoms with Crippen LogP contribution in [0.15, 0.2) is 24.3 Å². The van der Waals surface area contributed by atoms with E-state index in [1.165, 1.54) is 0 Å². The fourth-order valence-corrected chi connectivity index (χ4v) is 5.32. The molecule has 0 radical (unpaired) electrons. The zero-order valence-corrected chi connectivity index (χ0v) is 19.5. The molecule has 1 aliphatic heterocycles. The number of fused-ring (bicyclic) bond motifs is 1. The lowest BCUT2D eigenvalue weighted by Gasteiger charge is -2.35. The van der Waals surface area contributed by atoms with Gasteiger partial charge >= 0.3 is 0 Å². The van der Waals surface area contributed by atoms with Crippen LogP contribution >= 0.6 is 11.6 Å². The summed E-state index contributed by atoms with van der Waals surface area (Å²) in [4.78, 5) is 22.4. The summed E-state index contributed by atoms with van der Waals surface area (Å²) in [5.41, 5.74) is 0.345. The van der Waals surface area contributed by atoms with E-state index in [1.807, 2.05) is 18.2 Å². The maximum Gasteiger partial charge on any atom is 0.253 e. The number of halogens is 1. The number of hydrogen-bond donors (Lipinski definition) is 2. The Kier molecular flexibility index (Phi) is 6.42. The second kappa shape index (κ2) is 8.93. The molecule has 1 aromatic carbocycles. The van der Waals surface area contributed by atoms with Gasteiger partial charge in [0.15, 0.2) is 0 Å². The number of carbonyl (C=O) groups is 1. The van der Waals surface area contributed by atoms with Crippen LogP contribution in [0.4, 0.5) is 5.82 Å². The lowest BCUT2D eigenvalue weighted by molar-refractivity contribution is -0.0109. The number of likely N-dealkylation sites (N-methyl/N-ethyl adjacent to an activating group) is 1. The quantitative estimate of drug-likeness (QED) is 0.735. The van der Waals surface area contributed by atoms with Crippen LogP contribution in [0, 0.1) is 5.92 Å². The van der Waals surface area contributed by atoms with E-state index in [1.54, 1.807) is 6.07 Å². The summed E-state index contributed by atoms with van der Waals surface area (Å²) in [6, 6.07) is 8.05. The smallest absolute Gasteiger partial charge is 0.253 e. The molecule has 2 aromatic rings. The number of aromatic nitrogens is 1. The molecule has 3 atom stereocenters. The maximum atomic E-state index is 13.1. The van der Waals surface area contributed by atoms with Crippen LogP contribution in [0.25, 0.3) is 10.9 Å². The highest BCUT2D eigenvalue weighted by atomic mass is 35.5. The molecule has 0 spiro atoms. The Morgan fingerprint density at radius 1 is 1.32 bits per heavy atom. The van der Waals surface area contributed by atoms with Gasteiger partial charge in [-0.05, 0) is 63.5 Å². The fraction of sp³-hybridized carbons (Fsp3) is 0.583. The Balaban J connectivity index is 1.53. The van der Waals surface area contributed by atoms with Gasteiger partial charge in [0.1, 0.15) is 5.82 Å². The predicted molar refractivity (Wildman–Crippen MR) is 126 cm³/mol. The summed E-state index contributed by atoms with van der Waals surface area (Å²) in [6.07, 6.45) is 4.66. The first kappa shape index (κ1) is 22.3. The Morgan fingerprint density at radius 3 is 2.84 bits per heavy atom. The van der Waals surface area contributed by atoms with Crippen molar-refractivity contribution in [2.24, 2.45) is 5.92 Å². The van der Waals surface area contributed by atoms with Gasteiger partial charge in [0, 0.05) is 31.1 Å². The van der Waals surface area contributed by atoms with E-state index in [2.05, 4.69) is 36.1 Å². The van der Waals surface area contributed by atoms with E-state index in [0.29, 0.717) is 29.0 Å². The highest BCUT2D eigenvalue weighted by molar-refractivity contribution is 6.35. The van der Waals surface area contributed by atoms with Crippen LogP contribution in [-0.4, -0.2) is 66.3 Å². The summed E-state index contributed by atoms with van der Waals surface area (Å²) in [6.45, 7) is 4.31. The highest BCUT2D eigenvalue weighted by Gasteiger charge is 2.33. The molecule has 6 nitrogen and oxygen atoms in total.